The minimum Gasteiger partial charge on any atom is -0.480 e. The number of amides is 1. The van der Waals surface area contributed by atoms with E-state index in [2.05, 4.69) is 0 Å². The van der Waals surface area contributed by atoms with E-state index in [4.69, 9.17) is 10.5 Å². The molecule has 7 nitrogen and oxygen atoms in total. The molecule has 0 radical (unpaired) electrons. The van der Waals surface area contributed by atoms with Crippen LogP contribution < -0.4 is 0 Å². The first-order valence-electron chi connectivity index (χ1n) is 5.76. The summed E-state index contributed by atoms with van der Waals surface area (Å²) in [7, 11) is 1.46. The Morgan fingerprint density at radius 3 is 2.74 bits per heavy atom. The van der Waals surface area contributed by atoms with Gasteiger partial charge in [-0.25, -0.2) is 0 Å². The molecule has 8 heteroatoms. The van der Waals surface area contributed by atoms with Crippen LogP contribution in [0.4, 0.5) is 0 Å². The zero-order valence-corrected chi connectivity index (χ0v) is 11.7. The number of likely N-dealkylation sites (N-methyl/N-ethyl adjacent to an activating group) is 1. The molecule has 0 aliphatic carbocycles. The van der Waals surface area contributed by atoms with Gasteiger partial charge in [0.15, 0.2) is 5.12 Å². The molecule has 106 valence electrons. The smallest absolute Gasteiger partial charge is 0.323 e. The van der Waals surface area contributed by atoms with Crippen LogP contribution in [0.2, 0.25) is 0 Å². The van der Waals surface area contributed by atoms with Gasteiger partial charge >= 0.3 is 5.97 Å². The van der Waals surface area contributed by atoms with E-state index in [0.29, 0.717) is 18.7 Å². The van der Waals surface area contributed by atoms with Crippen LogP contribution in [0.25, 0.3) is 0 Å². The van der Waals surface area contributed by atoms with E-state index in [1.807, 2.05) is 0 Å². The Balaban J connectivity index is 2.55. The summed E-state index contributed by atoms with van der Waals surface area (Å²) < 4.78 is 0. The number of nitrogens with one attached hydrogen (secondary N) is 1. The van der Waals surface area contributed by atoms with Crippen molar-refractivity contribution in [3.05, 3.63) is 0 Å². The molecule has 1 amide bonds. The Kier molecular flexibility index (Phi) is 5.34. The number of aliphatic carboxylic acids is 1. The number of thioether (sulfide) groups is 1. The lowest BCUT2D eigenvalue weighted by Crippen LogP contribution is -2.44. The first-order chi connectivity index (χ1) is 8.81. The maximum atomic E-state index is 11.8. The Hall–Kier alpha value is -1.57. The molecule has 1 fully saturated rings. The van der Waals surface area contributed by atoms with Gasteiger partial charge in [-0.1, -0.05) is 11.8 Å². The lowest BCUT2D eigenvalue weighted by Gasteiger charge is -2.25. The van der Waals surface area contributed by atoms with Crippen LogP contribution in [0.1, 0.15) is 13.3 Å². The first kappa shape index (κ1) is 15.5. The van der Waals surface area contributed by atoms with Crippen LogP contribution in [0.15, 0.2) is 0 Å². The molecule has 0 aromatic rings. The molecule has 1 atom stereocenters. The third-order valence-corrected chi connectivity index (χ3v) is 3.76. The monoisotopic (exact) mass is 287 g/mol. The number of rotatable bonds is 4. The fraction of sp³-hybridized carbons (Fsp3) is 0.636. The van der Waals surface area contributed by atoms with E-state index in [-0.39, 0.29) is 29.4 Å². The molecule has 2 N–H and O–H groups in total. The Labute approximate surface area is 115 Å². The molecule has 0 spiro atoms. The lowest BCUT2D eigenvalue weighted by molar-refractivity contribution is -0.137. The van der Waals surface area contributed by atoms with Crippen molar-refractivity contribution in [2.75, 3.05) is 25.9 Å². The van der Waals surface area contributed by atoms with Crippen LogP contribution in [-0.2, 0) is 14.4 Å². The highest BCUT2D eigenvalue weighted by Gasteiger charge is 2.33. The van der Waals surface area contributed by atoms with Crippen molar-refractivity contribution in [1.29, 1.82) is 5.41 Å². The van der Waals surface area contributed by atoms with E-state index in [9.17, 15) is 14.4 Å². The van der Waals surface area contributed by atoms with Crippen LogP contribution in [0, 0.1) is 11.3 Å². The molecule has 1 rings (SSSR count). The molecule has 0 aromatic carbocycles. The average molecular weight is 287 g/mol. The van der Waals surface area contributed by atoms with Crippen molar-refractivity contribution in [2.24, 2.45) is 5.92 Å². The van der Waals surface area contributed by atoms with Gasteiger partial charge in [-0.2, -0.15) is 0 Å². The molecule has 0 saturated carbocycles. The minimum absolute atomic E-state index is 0.00368. The van der Waals surface area contributed by atoms with Gasteiger partial charge in [0.1, 0.15) is 6.54 Å². The molecule has 1 saturated heterocycles. The highest BCUT2D eigenvalue weighted by molar-refractivity contribution is 8.13. The summed E-state index contributed by atoms with van der Waals surface area (Å²) in [6.07, 6.45) is 0.295. The number of carboxylic acids is 1. The number of hydrogen-bond acceptors (Lipinski definition) is 5. The van der Waals surface area contributed by atoms with Gasteiger partial charge in [-0.3, -0.25) is 24.7 Å². The van der Waals surface area contributed by atoms with Crippen LogP contribution in [0.3, 0.4) is 0 Å². The van der Waals surface area contributed by atoms with E-state index >= 15 is 0 Å². The second kappa shape index (κ2) is 6.55. The summed E-state index contributed by atoms with van der Waals surface area (Å²) >= 11 is 1.17. The Bertz CT molecular complexity index is 413. The summed E-state index contributed by atoms with van der Waals surface area (Å²) in [5.41, 5.74) is 0. The third-order valence-electron chi connectivity index (χ3n) is 2.72. The molecular formula is C11H17N3O4S. The van der Waals surface area contributed by atoms with Crippen molar-refractivity contribution in [3.63, 3.8) is 0 Å². The molecule has 19 heavy (non-hydrogen) atoms. The maximum absolute atomic E-state index is 11.8. The van der Waals surface area contributed by atoms with Crippen LogP contribution in [0.5, 0.6) is 0 Å². The maximum Gasteiger partial charge on any atom is 0.323 e. The fourth-order valence-electron chi connectivity index (χ4n) is 1.82. The first-order valence-corrected chi connectivity index (χ1v) is 6.75. The third kappa shape index (κ3) is 4.55. The topological polar surface area (TPSA) is 102 Å². The van der Waals surface area contributed by atoms with Crippen molar-refractivity contribution in [2.45, 2.75) is 13.3 Å². The number of carbonyl (C=O) groups excluding carboxylic acids is 2. The van der Waals surface area contributed by atoms with Gasteiger partial charge in [0.25, 0.3) is 0 Å². The molecular weight excluding hydrogens is 270 g/mol. The predicted molar refractivity (Wildman–Crippen MR) is 71.0 cm³/mol. The summed E-state index contributed by atoms with van der Waals surface area (Å²) in [6, 6.07) is 0. The Morgan fingerprint density at radius 2 is 2.21 bits per heavy atom. The quantitative estimate of drug-likeness (QED) is 0.560. The van der Waals surface area contributed by atoms with Crippen LogP contribution >= 0.6 is 11.8 Å². The van der Waals surface area contributed by atoms with Crippen molar-refractivity contribution in [1.82, 2.24) is 9.80 Å². The number of hydrogen-bond donors (Lipinski definition) is 2. The van der Waals surface area contributed by atoms with E-state index in [0.717, 1.165) is 0 Å². The van der Waals surface area contributed by atoms with Crippen molar-refractivity contribution in [3.8, 4) is 0 Å². The minimum atomic E-state index is -1.05. The summed E-state index contributed by atoms with van der Waals surface area (Å²) in [5, 5.41) is 16.5. The lowest BCUT2D eigenvalue weighted by atomic mass is 10.1. The van der Waals surface area contributed by atoms with Gasteiger partial charge in [-0.15, -0.1) is 0 Å². The normalized spacial score (nSPS) is 18.5. The second-order valence-electron chi connectivity index (χ2n) is 4.45. The highest BCUT2D eigenvalue weighted by atomic mass is 32.2. The number of guanidine groups is 1. The van der Waals surface area contributed by atoms with E-state index in [1.54, 1.807) is 0 Å². The van der Waals surface area contributed by atoms with Gasteiger partial charge in [0.05, 0.1) is 0 Å². The highest BCUT2D eigenvalue weighted by Crippen LogP contribution is 2.22. The molecule has 1 aliphatic heterocycles. The van der Waals surface area contributed by atoms with Gasteiger partial charge in [-0.05, 0) is 5.92 Å². The SMILES string of the molecule is CC(=O)SCC1CC(=O)N(C(=N)N(C)CC(=O)O)C1. The molecule has 1 heterocycles. The molecule has 1 aliphatic rings. The molecule has 0 aromatic heterocycles. The van der Waals surface area contributed by atoms with Gasteiger partial charge in [0, 0.05) is 32.7 Å². The zero-order valence-electron chi connectivity index (χ0n) is 10.9. The molecule has 0 bridgehead atoms. The van der Waals surface area contributed by atoms with E-state index in [1.165, 1.54) is 35.5 Å². The summed E-state index contributed by atoms with van der Waals surface area (Å²) in [5.74, 6) is -0.783. The summed E-state index contributed by atoms with van der Waals surface area (Å²) in [4.78, 5) is 35.7. The predicted octanol–water partition coefficient (Wildman–Crippen LogP) is 0.0658. The number of nitrogens with zero attached hydrogens (tertiary/aromatic N) is 2. The number of carboxylic acid groups (broad SMARTS) is 1. The molecule has 1 unspecified atom stereocenters. The van der Waals surface area contributed by atoms with Crippen molar-refractivity contribution >= 4 is 34.7 Å². The van der Waals surface area contributed by atoms with Gasteiger partial charge < -0.3 is 10.0 Å². The Morgan fingerprint density at radius 1 is 1.58 bits per heavy atom. The van der Waals surface area contributed by atoms with E-state index < -0.39 is 5.97 Å². The largest absolute Gasteiger partial charge is 0.480 e. The van der Waals surface area contributed by atoms with Gasteiger partial charge in [0.2, 0.25) is 11.9 Å². The number of carbonyl (C=O) groups is 3. The fourth-order valence-corrected chi connectivity index (χ4v) is 2.51. The standard InChI is InChI=1S/C11H17N3O4S/c1-7(15)19-6-8-3-9(16)14(4-8)11(12)13(2)5-10(17)18/h8,12H,3-6H2,1-2H3,(H,17,18). The second-order valence-corrected chi connectivity index (χ2v) is 5.65. The van der Waals surface area contributed by atoms with Crippen LogP contribution in [-0.4, -0.2) is 63.7 Å². The zero-order chi connectivity index (χ0) is 14.6. The average Bonchev–Trinajstić information content (AvgIpc) is 2.66. The summed E-state index contributed by atoms with van der Waals surface area (Å²) in [6.45, 7) is 1.51. The van der Waals surface area contributed by atoms with Crippen molar-refractivity contribution < 1.29 is 19.5 Å². The number of likely N-dealkylation sites (tertiary alicyclic amines) is 1.